The van der Waals surface area contributed by atoms with Crippen molar-refractivity contribution in [2.75, 3.05) is 26.2 Å². The Kier molecular flexibility index (Phi) is 5.38. The first-order valence-electron chi connectivity index (χ1n) is 6.26. The number of halogens is 3. The predicted octanol–water partition coefficient (Wildman–Crippen LogP) is 2.82. The van der Waals surface area contributed by atoms with Crippen LogP contribution in [-0.2, 0) is 5.41 Å². The van der Waals surface area contributed by atoms with Crippen LogP contribution in [0.25, 0.3) is 0 Å². The monoisotopic (exact) mass is 275 g/mol. The highest BCUT2D eigenvalue weighted by Gasteiger charge is 2.34. The van der Waals surface area contributed by atoms with Gasteiger partial charge in [0.1, 0.15) is 0 Å². The van der Waals surface area contributed by atoms with E-state index in [0.29, 0.717) is 6.54 Å². The molecule has 0 amide bonds. The van der Waals surface area contributed by atoms with Gasteiger partial charge in [-0.05, 0) is 12.1 Å². The van der Waals surface area contributed by atoms with Crippen LogP contribution >= 0.6 is 0 Å². The van der Waals surface area contributed by atoms with E-state index in [-0.39, 0.29) is 13.2 Å². The lowest BCUT2D eigenvalue weighted by Crippen LogP contribution is -2.45. The highest BCUT2D eigenvalue weighted by molar-refractivity contribution is 5.25. The van der Waals surface area contributed by atoms with E-state index in [0.717, 1.165) is 5.56 Å². The van der Waals surface area contributed by atoms with Gasteiger partial charge < -0.3 is 5.11 Å². The Morgan fingerprint density at radius 1 is 1.11 bits per heavy atom. The first kappa shape index (κ1) is 16.0. The third-order valence-electron chi connectivity index (χ3n) is 3.24. The van der Waals surface area contributed by atoms with Crippen LogP contribution < -0.4 is 0 Å². The molecule has 0 fully saturated rings. The number of benzene rings is 1. The lowest BCUT2D eigenvalue weighted by atomic mass is 9.82. The molecule has 0 aliphatic heterocycles. The van der Waals surface area contributed by atoms with Crippen molar-refractivity contribution in [3.63, 3.8) is 0 Å². The van der Waals surface area contributed by atoms with Gasteiger partial charge in [0.25, 0.3) is 0 Å². The Morgan fingerprint density at radius 3 is 2.11 bits per heavy atom. The molecule has 0 saturated carbocycles. The number of likely N-dealkylation sites (N-methyl/N-ethyl adjacent to an activating group) is 1. The van der Waals surface area contributed by atoms with E-state index >= 15 is 0 Å². The molecule has 0 saturated heterocycles. The second-order valence-corrected chi connectivity index (χ2v) is 5.00. The van der Waals surface area contributed by atoms with Crippen LogP contribution in [0.3, 0.4) is 0 Å². The molecule has 5 heteroatoms. The van der Waals surface area contributed by atoms with Gasteiger partial charge in [-0.1, -0.05) is 44.2 Å². The van der Waals surface area contributed by atoms with Gasteiger partial charge in [-0.25, -0.2) is 0 Å². The first-order valence-corrected chi connectivity index (χ1v) is 6.26. The number of nitrogens with zero attached hydrogens (tertiary/aromatic N) is 1. The zero-order valence-corrected chi connectivity index (χ0v) is 11.2. The van der Waals surface area contributed by atoms with Crippen LogP contribution in [-0.4, -0.2) is 42.4 Å². The summed E-state index contributed by atoms with van der Waals surface area (Å²) in [6.07, 6.45) is -4.22. The molecular formula is C14H20F3NO. The van der Waals surface area contributed by atoms with E-state index in [1.807, 2.05) is 30.3 Å². The van der Waals surface area contributed by atoms with Crippen LogP contribution in [0.4, 0.5) is 13.2 Å². The third kappa shape index (κ3) is 4.84. The van der Waals surface area contributed by atoms with Crippen molar-refractivity contribution in [1.29, 1.82) is 0 Å². The Hall–Kier alpha value is -1.07. The summed E-state index contributed by atoms with van der Waals surface area (Å²) in [6.45, 7) is 2.79. The molecular weight excluding hydrogens is 255 g/mol. The normalized spacial score (nSPS) is 15.5. The SMILES string of the molecule is CCN(CC(F)(F)F)CC(C)(CO)c1ccccc1. The Bertz CT molecular complexity index is 380. The van der Waals surface area contributed by atoms with Crippen molar-refractivity contribution in [2.45, 2.75) is 25.4 Å². The molecule has 1 atom stereocenters. The molecule has 0 aliphatic rings. The van der Waals surface area contributed by atoms with Gasteiger partial charge in [0.2, 0.25) is 0 Å². The summed E-state index contributed by atoms with van der Waals surface area (Å²) in [5, 5.41) is 9.57. The maximum absolute atomic E-state index is 12.5. The maximum atomic E-state index is 12.5. The van der Waals surface area contributed by atoms with Gasteiger partial charge in [-0.2, -0.15) is 13.2 Å². The number of aliphatic hydroxyl groups excluding tert-OH is 1. The average Bonchev–Trinajstić information content (AvgIpc) is 2.37. The highest BCUT2D eigenvalue weighted by atomic mass is 19.4. The molecule has 0 radical (unpaired) electrons. The summed E-state index contributed by atoms with van der Waals surface area (Å²) < 4.78 is 37.4. The van der Waals surface area contributed by atoms with Crippen LogP contribution in [0.15, 0.2) is 30.3 Å². The first-order chi connectivity index (χ1) is 8.80. The minimum atomic E-state index is -4.22. The number of hydrogen-bond acceptors (Lipinski definition) is 2. The molecule has 19 heavy (non-hydrogen) atoms. The van der Waals surface area contributed by atoms with Crippen LogP contribution in [0, 0.1) is 0 Å². The topological polar surface area (TPSA) is 23.5 Å². The van der Waals surface area contributed by atoms with Crippen molar-refractivity contribution in [3.05, 3.63) is 35.9 Å². The lowest BCUT2D eigenvalue weighted by Gasteiger charge is -2.34. The number of rotatable bonds is 6. The summed E-state index contributed by atoms with van der Waals surface area (Å²) in [6, 6.07) is 9.15. The Balaban J connectivity index is 2.85. The molecule has 0 spiro atoms. The fraction of sp³-hybridized carbons (Fsp3) is 0.571. The molecule has 0 aromatic heterocycles. The highest BCUT2D eigenvalue weighted by Crippen LogP contribution is 2.26. The second kappa shape index (κ2) is 6.39. The minimum Gasteiger partial charge on any atom is -0.395 e. The molecule has 1 rings (SSSR count). The Morgan fingerprint density at radius 2 is 1.68 bits per heavy atom. The largest absolute Gasteiger partial charge is 0.401 e. The van der Waals surface area contributed by atoms with E-state index in [1.54, 1.807) is 13.8 Å². The maximum Gasteiger partial charge on any atom is 0.401 e. The summed E-state index contributed by atoms with van der Waals surface area (Å²) >= 11 is 0. The summed E-state index contributed by atoms with van der Waals surface area (Å²) in [7, 11) is 0. The Labute approximate surface area is 111 Å². The van der Waals surface area contributed by atoms with E-state index in [9.17, 15) is 18.3 Å². The standard InChI is InChI=1S/C14H20F3NO/c1-3-18(10-14(15,16)17)9-13(2,11-19)12-7-5-4-6-8-12/h4-8,19H,3,9-11H2,1-2H3. The zero-order chi connectivity index (χ0) is 14.5. The molecule has 0 bridgehead atoms. The van der Waals surface area contributed by atoms with Gasteiger partial charge in [-0.3, -0.25) is 4.90 Å². The van der Waals surface area contributed by atoms with E-state index < -0.39 is 18.1 Å². The van der Waals surface area contributed by atoms with E-state index in [2.05, 4.69) is 0 Å². The molecule has 0 heterocycles. The fourth-order valence-corrected chi connectivity index (χ4v) is 2.10. The quantitative estimate of drug-likeness (QED) is 0.863. The van der Waals surface area contributed by atoms with E-state index in [4.69, 9.17) is 0 Å². The van der Waals surface area contributed by atoms with Gasteiger partial charge >= 0.3 is 6.18 Å². The van der Waals surface area contributed by atoms with Gasteiger partial charge in [0.15, 0.2) is 0 Å². The van der Waals surface area contributed by atoms with Crippen molar-refractivity contribution in [1.82, 2.24) is 4.90 Å². The van der Waals surface area contributed by atoms with Crippen molar-refractivity contribution in [2.24, 2.45) is 0 Å². The minimum absolute atomic E-state index is 0.170. The average molecular weight is 275 g/mol. The molecule has 1 aromatic rings. The smallest absolute Gasteiger partial charge is 0.395 e. The number of aliphatic hydroxyl groups is 1. The van der Waals surface area contributed by atoms with Crippen molar-refractivity contribution >= 4 is 0 Å². The number of hydrogen-bond donors (Lipinski definition) is 1. The lowest BCUT2D eigenvalue weighted by molar-refractivity contribution is -0.147. The third-order valence-corrected chi connectivity index (χ3v) is 3.24. The van der Waals surface area contributed by atoms with Gasteiger partial charge in [0, 0.05) is 12.0 Å². The van der Waals surface area contributed by atoms with Crippen molar-refractivity contribution in [3.8, 4) is 0 Å². The molecule has 1 unspecified atom stereocenters. The summed E-state index contributed by atoms with van der Waals surface area (Å²) in [5.41, 5.74) is 0.154. The number of alkyl halides is 3. The summed E-state index contributed by atoms with van der Waals surface area (Å²) in [5.74, 6) is 0. The van der Waals surface area contributed by atoms with Crippen LogP contribution in [0.2, 0.25) is 0 Å². The predicted molar refractivity (Wildman–Crippen MR) is 69.0 cm³/mol. The molecule has 0 aliphatic carbocycles. The zero-order valence-electron chi connectivity index (χ0n) is 11.2. The fourth-order valence-electron chi connectivity index (χ4n) is 2.10. The van der Waals surface area contributed by atoms with Gasteiger partial charge in [0.05, 0.1) is 13.2 Å². The summed E-state index contributed by atoms with van der Waals surface area (Å²) in [4.78, 5) is 1.31. The van der Waals surface area contributed by atoms with Crippen LogP contribution in [0.1, 0.15) is 19.4 Å². The van der Waals surface area contributed by atoms with Gasteiger partial charge in [-0.15, -0.1) is 0 Å². The van der Waals surface area contributed by atoms with E-state index in [1.165, 1.54) is 4.90 Å². The second-order valence-electron chi connectivity index (χ2n) is 5.00. The van der Waals surface area contributed by atoms with Crippen LogP contribution in [0.5, 0.6) is 0 Å². The molecule has 108 valence electrons. The molecule has 1 N–H and O–H groups in total. The van der Waals surface area contributed by atoms with Crippen molar-refractivity contribution < 1.29 is 18.3 Å². The molecule has 1 aromatic carbocycles. The molecule has 2 nitrogen and oxygen atoms in total.